The minimum atomic E-state index is -1.03. The van der Waals surface area contributed by atoms with E-state index < -0.39 is 5.97 Å². The molecular formula is C46H77NO5. The largest absolute Gasteiger partial charge is 0.480 e. The lowest BCUT2D eigenvalue weighted by molar-refractivity contribution is -0.150. The molecule has 6 nitrogen and oxygen atoms in total. The average Bonchev–Trinajstić information content (AvgIpc) is 3.13. The number of unbranched alkanes of at least 4 members (excludes halogenated alkanes) is 14. The van der Waals surface area contributed by atoms with Crippen LogP contribution in [0.1, 0.15) is 187 Å². The number of esters is 1. The van der Waals surface area contributed by atoms with Crippen molar-refractivity contribution in [2.45, 2.75) is 193 Å². The van der Waals surface area contributed by atoms with Gasteiger partial charge >= 0.3 is 11.9 Å². The topological polar surface area (TPSA) is 92.7 Å². The highest BCUT2D eigenvalue weighted by Crippen LogP contribution is 2.17. The third kappa shape index (κ3) is 39.6. The van der Waals surface area contributed by atoms with Gasteiger partial charge in [0.15, 0.2) is 0 Å². The summed E-state index contributed by atoms with van der Waals surface area (Å²) in [4.78, 5) is 35.0. The van der Waals surface area contributed by atoms with Crippen LogP contribution < -0.4 is 5.32 Å². The molecule has 0 aromatic carbocycles. The van der Waals surface area contributed by atoms with Crippen LogP contribution in [0.15, 0.2) is 72.9 Å². The third-order valence-electron chi connectivity index (χ3n) is 8.87. The van der Waals surface area contributed by atoms with E-state index in [4.69, 9.17) is 9.84 Å². The van der Waals surface area contributed by atoms with Gasteiger partial charge in [-0.05, 0) is 96.3 Å². The van der Waals surface area contributed by atoms with Crippen molar-refractivity contribution in [2.75, 3.05) is 6.54 Å². The quantitative estimate of drug-likeness (QED) is 0.0378. The zero-order valence-electron chi connectivity index (χ0n) is 33.4. The number of carbonyl (C=O) groups excluding carboxylic acids is 2. The van der Waals surface area contributed by atoms with Crippen molar-refractivity contribution in [1.82, 2.24) is 5.32 Å². The molecule has 1 amide bonds. The standard InChI is InChI=1S/C46H77NO5/c1-3-5-7-9-11-13-15-17-18-19-20-22-24-26-28-33-37-41-46(51)52-43(39-35-31-29-32-36-40-44(48)47-42-45(49)50)38-34-30-27-25-23-21-16-14-12-10-8-6-4-2/h6,8,11-14,17-18,21,23,27,30,43H,3-5,7,9-10,15-16,19-20,22,24-26,28-29,31-42H2,1-2H3,(H,47,48)(H,49,50)/b8-6-,13-11-,14-12-,18-17-,23-21-,30-27-. The Morgan fingerprint density at radius 1 is 0.519 bits per heavy atom. The van der Waals surface area contributed by atoms with Gasteiger partial charge in [0.2, 0.25) is 5.91 Å². The summed E-state index contributed by atoms with van der Waals surface area (Å²) in [5, 5.41) is 11.1. The second-order valence-electron chi connectivity index (χ2n) is 13.9. The summed E-state index contributed by atoms with van der Waals surface area (Å²) in [6.45, 7) is 4.07. The molecule has 0 heterocycles. The number of hydrogen-bond donors (Lipinski definition) is 2. The van der Waals surface area contributed by atoms with Crippen LogP contribution in [0.2, 0.25) is 0 Å². The number of ether oxygens (including phenoxy) is 1. The Balaban J connectivity index is 4.30. The van der Waals surface area contributed by atoms with E-state index in [0.29, 0.717) is 12.8 Å². The first-order chi connectivity index (χ1) is 25.5. The molecule has 0 saturated carbocycles. The summed E-state index contributed by atoms with van der Waals surface area (Å²) in [5.41, 5.74) is 0. The molecule has 0 bridgehead atoms. The molecule has 0 fully saturated rings. The van der Waals surface area contributed by atoms with Gasteiger partial charge < -0.3 is 15.2 Å². The molecule has 6 heteroatoms. The molecule has 0 aliphatic rings. The Labute approximate surface area is 319 Å². The Morgan fingerprint density at radius 3 is 1.54 bits per heavy atom. The highest BCUT2D eigenvalue weighted by molar-refractivity contribution is 5.80. The molecular weight excluding hydrogens is 647 g/mol. The Bertz CT molecular complexity index is 1020. The normalized spacial score (nSPS) is 12.8. The number of aliphatic carboxylic acids is 1. The first-order valence-electron chi connectivity index (χ1n) is 21.1. The number of allylic oxidation sites excluding steroid dienone is 12. The number of carboxylic acid groups (broad SMARTS) is 1. The van der Waals surface area contributed by atoms with Gasteiger partial charge in [0, 0.05) is 12.8 Å². The molecule has 0 saturated heterocycles. The maximum atomic E-state index is 12.7. The van der Waals surface area contributed by atoms with Gasteiger partial charge in [0.25, 0.3) is 0 Å². The summed E-state index contributed by atoms with van der Waals surface area (Å²) < 4.78 is 5.98. The zero-order valence-corrected chi connectivity index (χ0v) is 33.4. The Kier molecular flexibility index (Phi) is 38.2. The number of amides is 1. The van der Waals surface area contributed by atoms with Gasteiger partial charge in [0.1, 0.15) is 12.6 Å². The van der Waals surface area contributed by atoms with E-state index in [1.807, 2.05) is 0 Å². The van der Waals surface area contributed by atoms with Gasteiger partial charge in [-0.15, -0.1) is 0 Å². The van der Waals surface area contributed by atoms with Gasteiger partial charge in [0.05, 0.1) is 0 Å². The first-order valence-corrected chi connectivity index (χ1v) is 21.1. The summed E-state index contributed by atoms with van der Waals surface area (Å²) in [6, 6.07) is 0. The summed E-state index contributed by atoms with van der Waals surface area (Å²) in [7, 11) is 0. The lowest BCUT2D eigenvalue weighted by Gasteiger charge is -2.17. The second-order valence-corrected chi connectivity index (χ2v) is 13.9. The molecule has 2 N–H and O–H groups in total. The van der Waals surface area contributed by atoms with Crippen molar-refractivity contribution in [3.8, 4) is 0 Å². The SMILES string of the molecule is CC/C=C\C/C=C\C/C=C\C/C=C\CCC(CCCCCCCC(=O)NCC(=O)O)OC(=O)CCCCCCCCC/C=C\C/C=C\CCCCC. The molecule has 1 unspecified atom stereocenters. The molecule has 296 valence electrons. The summed E-state index contributed by atoms with van der Waals surface area (Å²) in [6.07, 6.45) is 54.5. The van der Waals surface area contributed by atoms with Crippen molar-refractivity contribution in [3.63, 3.8) is 0 Å². The zero-order chi connectivity index (χ0) is 38.0. The number of carbonyl (C=O) groups is 3. The molecule has 0 aromatic heterocycles. The molecule has 0 aromatic rings. The predicted molar refractivity (Wildman–Crippen MR) is 221 cm³/mol. The van der Waals surface area contributed by atoms with Crippen LogP contribution in [0.3, 0.4) is 0 Å². The second kappa shape index (κ2) is 40.6. The van der Waals surface area contributed by atoms with Crippen LogP contribution >= 0.6 is 0 Å². The Morgan fingerprint density at radius 2 is 0.981 bits per heavy atom. The minimum Gasteiger partial charge on any atom is -0.480 e. The lowest BCUT2D eigenvalue weighted by atomic mass is 10.0. The number of hydrogen-bond acceptors (Lipinski definition) is 4. The van der Waals surface area contributed by atoms with E-state index in [1.165, 1.54) is 64.2 Å². The van der Waals surface area contributed by atoms with E-state index in [2.05, 4.69) is 92.1 Å². The van der Waals surface area contributed by atoms with E-state index in [-0.39, 0.29) is 24.5 Å². The number of carboxylic acids is 1. The van der Waals surface area contributed by atoms with E-state index in [0.717, 1.165) is 96.3 Å². The highest BCUT2D eigenvalue weighted by atomic mass is 16.5. The first kappa shape index (κ1) is 48.9. The smallest absolute Gasteiger partial charge is 0.322 e. The highest BCUT2D eigenvalue weighted by Gasteiger charge is 2.14. The van der Waals surface area contributed by atoms with Crippen LogP contribution in [0.25, 0.3) is 0 Å². The van der Waals surface area contributed by atoms with E-state index in [9.17, 15) is 14.4 Å². The fraction of sp³-hybridized carbons (Fsp3) is 0.674. The van der Waals surface area contributed by atoms with Gasteiger partial charge in [-0.3, -0.25) is 14.4 Å². The van der Waals surface area contributed by atoms with Crippen molar-refractivity contribution >= 4 is 17.8 Å². The fourth-order valence-electron chi connectivity index (χ4n) is 5.77. The molecule has 0 radical (unpaired) electrons. The predicted octanol–water partition coefficient (Wildman–Crippen LogP) is 13.0. The third-order valence-corrected chi connectivity index (χ3v) is 8.87. The van der Waals surface area contributed by atoms with Crippen molar-refractivity contribution in [2.24, 2.45) is 0 Å². The van der Waals surface area contributed by atoms with Gasteiger partial charge in [-0.2, -0.15) is 0 Å². The van der Waals surface area contributed by atoms with E-state index >= 15 is 0 Å². The van der Waals surface area contributed by atoms with Gasteiger partial charge in [-0.25, -0.2) is 0 Å². The van der Waals surface area contributed by atoms with Crippen LogP contribution in [0.5, 0.6) is 0 Å². The number of rotatable bonds is 37. The Hall–Kier alpha value is -3.15. The van der Waals surface area contributed by atoms with Crippen molar-refractivity contribution < 1.29 is 24.2 Å². The minimum absolute atomic E-state index is 0.0581. The fourth-order valence-corrected chi connectivity index (χ4v) is 5.77. The molecule has 0 spiro atoms. The van der Waals surface area contributed by atoms with Crippen LogP contribution in [-0.4, -0.2) is 35.6 Å². The lowest BCUT2D eigenvalue weighted by Crippen LogP contribution is -2.28. The summed E-state index contributed by atoms with van der Waals surface area (Å²) >= 11 is 0. The van der Waals surface area contributed by atoms with Crippen LogP contribution in [0, 0.1) is 0 Å². The van der Waals surface area contributed by atoms with Crippen LogP contribution in [-0.2, 0) is 19.1 Å². The molecule has 52 heavy (non-hydrogen) atoms. The summed E-state index contributed by atoms with van der Waals surface area (Å²) in [5.74, 6) is -1.30. The maximum Gasteiger partial charge on any atom is 0.322 e. The van der Waals surface area contributed by atoms with Crippen molar-refractivity contribution in [3.05, 3.63) is 72.9 Å². The van der Waals surface area contributed by atoms with Crippen LogP contribution in [0.4, 0.5) is 0 Å². The molecule has 0 aliphatic carbocycles. The average molecular weight is 724 g/mol. The molecule has 0 rings (SSSR count). The molecule has 0 aliphatic heterocycles. The monoisotopic (exact) mass is 724 g/mol. The molecule has 1 atom stereocenters. The maximum absolute atomic E-state index is 12.7. The van der Waals surface area contributed by atoms with Crippen molar-refractivity contribution in [1.29, 1.82) is 0 Å². The van der Waals surface area contributed by atoms with Gasteiger partial charge in [-0.1, -0.05) is 151 Å². The van der Waals surface area contributed by atoms with E-state index in [1.54, 1.807) is 0 Å². The number of nitrogens with one attached hydrogen (secondary N) is 1.